The van der Waals surface area contributed by atoms with Crippen molar-refractivity contribution in [2.45, 2.75) is 46.4 Å². The van der Waals surface area contributed by atoms with Crippen LogP contribution in [0.15, 0.2) is 86.2 Å². The number of ether oxygens (including phenoxy) is 4. The van der Waals surface area contributed by atoms with E-state index in [9.17, 15) is 9.59 Å². The van der Waals surface area contributed by atoms with Gasteiger partial charge in [-0.15, -0.1) is 0 Å². The van der Waals surface area contributed by atoms with Crippen molar-refractivity contribution in [2.24, 2.45) is 4.99 Å². The molecule has 2 heterocycles. The molecule has 0 saturated heterocycles. The second-order valence-corrected chi connectivity index (χ2v) is 12.8. The number of nitrogens with zero attached hydrogens (tertiary/aromatic N) is 2. The summed E-state index contributed by atoms with van der Waals surface area (Å²) < 4.78 is 25.7. The molecule has 234 valence electrons. The topological polar surface area (TPSA) is 88.4 Å². The summed E-state index contributed by atoms with van der Waals surface area (Å²) in [5.41, 5.74) is 2.94. The van der Waals surface area contributed by atoms with Gasteiger partial charge in [-0.3, -0.25) is 9.36 Å². The van der Waals surface area contributed by atoms with Gasteiger partial charge in [-0.05, 0) is 103 Å². The van der Waals surface area contributed by atoms with Crippen LogP contribution in [0.5, 0.6) is 17.2 Å². The van der Waals surface area contributed by atoms with Gasteiger partial charge in [0.2, 0.25) is 0 Å². The first-order valence-electron chi connectivity index (χ1n) is 14.3. The highest BCUT2D eigenvalue weighted by Crippen LogP contribution is 2.36. The molecule has 0 saturated carbocycles. The number of benzene rings is 3. The molecule has 0 aliphatic carbocycles. The van der Waals surface area contributed by atoms with E-state index in [2.05, 4.69) is 20.9 Å². The van der Waals surface area contributed by atoms with Crippen molar-refractivity contribution in [2.75, 3.05) is 13.7 Å². The number of hydrogen-bond donors (Lipinski definition) is 0. The normalized spacial score (nSPS) is 14.7. The number of hydrogen-bond acceptors (Lipinski definition) is 8. The molecule has 0 radical (unpaired) electrons. The molecule has 4 aromatic rings. The fourth-order valence-electron chi connectivity index (χ4n) is 4.93. The molecule has 1 aliphatic heterocycles. The molecular weight excluding hydrogens is 680 g/mol. The van der Waals surface area contributed by atoms with Gasteiger partial charge in [0.1, 0.15) is 12.4 Å². The summed E-state index contributed by atoms with van der Waals surface area (Å²) in [4.78, 5) is 32.5. The minimum Gasteiger partial charge on any atom is -0.493 e. The van der Waals surface area contributed by atoms with E-state index in [1.165, 1.54) is 11.3 Å². The third-order valence-electron chi connectivity index (χ3n) is 6.94. The summed E-state index contributed by atoms with van der Waals surface area (Å²) in [5, 5.41) is 0.669. The van der Waals surface area contributed by atoms with Gasteiger partial charge in [-0.1, -0.05) is 47.2 Å². The number of carbonyl (C=O) groups is 1. The Hall–Kier alpha value is -3.86. The predicted molar refractivity (Wildman–Crippen MR) is 179 cm³/mol. The Balaban J connectivity index is 1.54. The molecule has 1 atom stereocenters. The van der Waals surface area contributed by atoms with Gasteiger partial charge >= 0.3 is 5.97 Å². The molecule has 0 N–H and O–H groups in total. The zero-order chi connectivity index (χ0) is 32.2. The Morgan fingerprint density at radius 3 is 2.49 bits per heavy atom. The summed E-state index contributed by atoms with van der Waals surface area (Å²) in [6, 6.07) is 17.7. The molecule has 1 aliphatic rings. The number of esters is 1. The van der Waals surface area contributed by atoms with E-state index in [0.29, 0.717) is 55.0 Å². The third-order valence-corrected chi connectivity index (χ3v) is 8.80. The van der Waals surface area contributed by atoms with Crippen LogP contribution in [-0.4, -0.2) is 30.4 Å². The van der Waals surface area contributed by atoms with E-state index in [1.807, 2.05) is 62.4 Å². The van der Waals surface area contributed by atoms with Crippen molar-refractivity contribution < 1.29 is 23.7 Å². The zero-order valence-corrected chi connectivity index (χ0v) is 28.6. The zero-order valence-electron chi connectivity index (χ0n) is 25.4. The molecule has 0 fully saturated rings. The summed E-state index contributed by atoms with van der Waals surface area (Å²) in [5.74, 6) is 1.19. The van der Waals surface area contributed by atoms with Crippen LogP contribution in [0.2, 0.25) is 5.02 Å². The Bertz CT molecular complexity index is 1950. The molecule has 5 rings (SSSR count). The quantitative estimate of drug-likeness (QED) is 0.173. The van der Waals surface area contributed by atoms with Crippen LogP contribution in [0.4, 0.5) is 0 Å². The van der Waals surface area contributed by atoms with Gasteiger partial charge in [0.15, 0.2) is 16.3 Å². The third kappa shape index (κ3) is 7.19. The fraction of sp³-hybridized carbons (Fsp3) is 0.265. The summed E-state index contributed by atoms with van der Waals surface area (Å²) >= 11 is 10.8. The summed E-state index contributed by atoms with van der Waals surface area (Å²) in [6.07, 6.45) is 1.74. The van der Waals surface area contributed by atoms with Crippen molar-refractivity contribution in [3.05, 3.63) is 118 Å². The lowest BCUT2D eigenvalue weighted by Gasteiger charge is -2.25. The number of halogens is 2. The lowest BCUT2D eigenvalue weighted by atomic mass is 9.95. The molecule has 3 aromatic carbocycles. The molecule has 11 heteroatoms. The Morgan fingerprint density at radius 1 is 1.09 bits per heavy atom. The second kappa shape index (κ2) is 14.1. The van der Waals surface area contributed by atoms with Gasteiger partial charge in [-0.25, -0.2) is 9.79 Å². The van der Waals surface area contributed by atoms with Crippen LogP contribution in [0.25, 0.3) is 6.08 Å². The van der Waals surface area contributed by atoms with E-state index in [0.717, 1.165) is 15.6 Å². The van der Waals surface area contributed by atoms with Crippen LogP contribution in [0.3, 0.4) is 0 Å². The molecule has 1 aromatic heterocycles. The lowest BCUT2D eigenvalue weighted by molar-refractivity contribution is -0.139. The van der Waals surface area contributed by atoms with E-state index in [4.69, 9.17) is 30.5 Å². The minimum atomic E-state index is -0.778. The minimum absolute atomic E-state index is 0.0659. The molecule has 8 nitrogen and oxygen atoms in total. The predicted octanol–water partition coefficient (Wildman–Crippen LogP) is 6.59. The van der Waals surface area contributed by atoms with E-state index < -0.39 is 12.0 Å². The van der Waals surface area contributed by atoms with E-state index in [1.54, 1.807) is 43.7 Å². The first-order chi connectivity index (χ1) is 21.6. The average molecular weight is 712 g/mol. The average Bonchev–Trinajstić information content (AvgIpc) is 3.30. The number of thiazole rings is 1. The van der Waals surface area contributed by atoms with Gasteiger partial charge in [0.05, 0.1) is 46.1 Å². The highest BCUT2D eigenvalue weighted by molar-refractivity contribution is 9.10. The van der Waals surface area contributed by atoms with Crippen molar-refractivity contribution in [1.29, 1.82) is 0 Å². The first-order valence-corrected chi connectivity index (χ1v) is 16.3. The van der Waals surface area contributed by atoms with Crippen molar-refractivity contribution in [1.82, 2.24) is 4.57 Å². The van der Waals surface area contributed by atoms with Crippen LogP contribution < -0.4 is 29.1 Å². The summed E-state index contributed by atoms with van der Waals surface area (Å²) in [7, 11) is 1.55. The number of aromatic nitrogens is 1. The van der Waals surface area contributed by atoms with Crippen molar-refractivity contribution >= 4 is 50.9 Å². The SMILES string of the molecule is CCOC(=O)C1=C(C)N=c2s/c(=C\c3ccc(OCc4ccc(Cl)cc4)c(Br)c3)c(=O)n2[C@@H]1c1ccc(OC(C)C)c(OC)c1. The monoisotopic (exact) mass is 710 g/mol. The molecule has 0 bridgehead atoms. The van der Waals surface area contributed by atoms with Crippen LogP contribution in [0.1, 0.15) is 50.4 Å². The maximum Gasteiger partial charge on any atom is 0.338 e. The molecular formula is C34H32BrClN2O6S. The highest BCUT2D eigenvalue weighted by atomic mass is 79.9. The van der Waals surface area contributed by atoms with Gasteiger partial charge in [-0.2, -0.15) is 0 Å². The molecule has 0 amide bonds. The number of rotatable bonds is 10. The van der Waals surface area contributed by atoms with Crippen molar-refractivity contribution in [3.63, 3.8) is 0 Å². The fourth-order valence-corrected chi connectivity index (χ4v) is 6.61. The second-order valence-electron chi connectivity index (χ2n) is 10.5. The standard InChI is InChI=1S/C34H32BrClN2O6S/c1-6-42-33(40)30-20(4)37-34-38(31(30)23-10-14-27(44-19(2)3)28(17-23)41-5)32(39)29(45-34)16-22-9-13-26(25(35)15-22)43-18-21-7-11-24(36)12-8-21/h7-17,19,31H,6,18H2,1-5H3/b29-16-/t31-/m1/s1. The Morgan fingerprint density at radius 2 is 1.82 bits per heavy atom. The van der Waals surface area contributed by atoms with Gasteiger partial charge < -0.3 is 18.9 Å². The lowest BCUT2D eigenvalue weighted by Crippen LogP contribution is -2.40. The largest absolute Gasteiger partial charge is 0.493 e. The summed E-state index contributed by atoms with van der Waals surface area (Å²) in [6.45, 7) is 7.92. The van der Waals surface area contributed by atoms with E-state index in [-0.39, 0.29) is 18.3 Å². The smallest absolute Gasteiger partial charge is 0.338 e. The van der Waals surface area contributed by atoms with E-state index >= 15 is 0 Å². The van der Waals surface area contributed by atoms with Gasteiger partial charge in [0.25, 0.3) is 5.56 Å². The van der Waals surface area contributed by atoms with Crippen LogP contribution in [0, 0.1) is 0 Å². The van der Waals surface area contributed by atoms with Crippen LogP contribution >= 0.6 is 38.9 Å². The maximum absolute atomic E-state index is 14.0. The highest BCUT2D eigenvalue weighted by Gasteiger charge is 2.34. The van der Waals surface area contributed by atoms with Crippen LogP contribution in [-0.2, 0) is 16.1 Å². The molecule has 0 unspecified atom stereocenters. The Labute approximate surface area is 278 Å². The Kier molecular flexibility index (Phi) is 10.2. The molecule has 0 spiro atoms. The first kappa shape index (κ1) is 32.5. The number of methoxy groups -OCH3 is 1. The maximum atomic E-state index is 14.0. The number of allylic oxidation sites excluding steroid dienone is 1. The number of fused-ring (bicyclic) bond motifs is 1. The number of carbonyl (C=O) groups excluding carboxylic acids is 1. The van der Waals surface area contributed by atoms with Gasteiger partial charge in [0, 0.05) is 5.02 Å². The molecule has 45 heavy (non-hydrogen) atoms. The van der Waals surface area contributed by atoms with Crippen molar-refractivity contribution in [3.8, 4) is 17.2 Å².